The van der Waals surface area contributed by atoms with Gasteiger partial charge in [0.2, 0.25) is 5.91 Å². The molecule has 1 aromatic rings. The molecule has 0 saturated carbocycles. The zero-order valence-corrected chi connectivity index (χ0v) is 9.93. The van der Waals surface area contributed by atoms with Gasteiger partial charge in [-0.15, -0.1) is 0 Å². The van der Waals surface area contributed by atoms with Crippen molar-refractivity contribution < 1.29 is 9.21 Å². The summed E-state index contributed by atoms with van der Waals surface area (Å²) in [5, 5.41) is 8.58. The van der Waals surface area contributed by atoms with Crippen molar-refractivity contribution in [1.82, 2.24) is 4.90 Å². The van der Waals surface area contributed by atoms with E-state index in [1.165, 1.54) is 0 Å². The number of rotatable bonds is 6. The number of nitrogens with zero attached hydrogens (tertiary/aromatic N) is 2. The van der Waals surface area contributed by atoms with Gasteiger partial charge in [-0.25, -0.2) is 0 Å². The zero-order valence-electron chi connectivity index (χ0n) is 9.93. The molecule has 0 aliphatic carbocycles. The number of hydrogen-bond donors (Lipinski definition) is 1. The van der Waals surface area contributed by atoms with Crippen LogP contribution in [0.1, 0.15) is 25.5 Å². The summed E-state index contributed by atoms with van der Waals surface area (Å²) in [5.74, 6) is 0.554. The van der Waals surface area contributed by atoms with E-state index in [4.69, 9.17) is 15.4 Å². The van der Waals surface area contributed by atoms with Crippen LogP contribution in [0.4, 0.5) is 0 Å². The van der Waals surface area contributed by atoms with Crippen LogP contribution in [-0.4, -0.2) is 23.4 Å². The van der Waals surface area contributed by atoms with Crippen LogP contribution >= 0.6 is 0 Å². The molecular weight excluding hydrogens is 218 g/mol. The van der Waals surface area contributed by atoms with E-state index in [1.54, 1.807) is 23.3 Å². The molecule has 0 fully saturated rings. The van der Waals surface area contributed by atoms with Crippen molar-refractivity contribution >= 4 is 5.91 Å². The third-order valence-corrected chi connectivity index (χ3v) is 2.49. The summed E-state index contributed by atoms with van der Waals surface area (Å²) in [7, 11) is 0. The molecule has 0 aromatic carbocycles. The van der Waals surface area contributed by atoms with Crippen LogP contribution in [0, 0.1) is 11.3 Å². The number of furan rings is 1. The van der Waals surface area contributed by atoms with Gasteiger partial charge in [0, 0.05) is 6.54 Å². The molecule has 1 amide bonds. The molecule has 0 aliphatic heterocycles. The predicted molar refractivity (Wildman–Crippen MR) is 62.6 cm³/mol. The third kappa shape index (κ3) is 3.93. The van der Waals surface area contributed by atoms with Crippen LogP contribution in [0.5, 0.6) is 0 Å². The normalized spacial score (nSPS) is 11.8. The van der Waals surface area contributed by atoms with Crippen LogP contribution in [0.2, 0.25) is 0 Å². The van der Waals surface area contributed by atoms with Crippen LogP contribution in [0.3, 0.4) is 0 Å². The third-order valence-electron chi connectivity index (χ3n) is 2.49. The Kier molecular flexibility index (Phi) is 5.24. The highest BCUT2D eigenvalue weighted by Gasteiger charge is 2.20. The van der Waals surface area contributed by atoms with Crippen molar-refractivity contribution in [2.75, 3.05) is 6.54 Å². The molecule has 1 aromatic heterocycles. The first-order valence-corrected chi connectivity index (χ1v) is 5.62. The van der Waals surface area contributed by atoms with E-state index < -0.39 is 6.04 Å². The number of amides is 1. The van der Waals surface area contributed by atoms with Crippen molar-refractivity contribution in [3.63, 3.8) is 0 Å². The average molecular weight is 235 g/mol. The van der Waals surface area contributed by atoms with Crippen LogP contribution in [0.25, 0.3) is 0 Å². The van der Waals surface area contributed by atoms with Crippen molar-refractivity contribution in [1.29, 1.82) is 5.26 Å². The van der Waals surface area contributed by atoms with E-state index in [1.807, 2.05) is 13.0 Å². The van der Waals surface area contributed by atoms with E-state index in [-0.39, 0.29) is 5.91 Å². The van der Waals surface area contributed by atoms with Gasteiger partial charge in [0.15, 0.2) is 0 Å². The summed E-state index contributed by atoms with van der Waals surface area (Å²) in [4.78, 5) is 13.5. The second-order valence-electron chi connectivity index (χ2n) is 3.76. The molecule has 1 atom stereocenters. The van der Waals surface area contributed by atoms with Gasteiger partial charge in [0.1, 0.15) is 5.76 Å². The Labute approximate surface area is 101 Å². The lowest BCUT2D eigenvalue weighted by atomic mass is 10.2. The van der Waals surface area contributed by atoms with Crippen LogP contribution in [0.15, 0.2) is 22.8 Å². The molecule has 0 aliphatic rings. The fourth-order valence-electron chi connectivity index (χ4n) is 1.45. The summed E-state index contributed by atoms with van der Waals surface area (Å²) < 4.78 is 5.19. The van der Waals surface area contributed by atoms with E-state index in [0.29, 0.717) is 31.7 Å². The second-order valence-corrected chi connectivity index (χ2v) is 3.76. The summed E-state index contributed by atoms with van der Waals surface area (Å²) in [6.07, 6.45) is 2.44. The summed E-state index contributed by atoms with van der Waals surface area (Å²) in [5.41, 5.74) is 5.71. The highest BCUT2D eigenvalue weighted by molar-refractivity contribution is 5.81. The van der Waals surface area contributed by atoms with Gasteiger partial charge in [0.25, 0.3) is 0 Å². The Morgan fingerprint density at radius 3 is 3.00 bits per heavy atom. The first kappa shape index (κ1) is 13.3. The summed E-state index contributed by atoms with van der Waals surface area (Å²) in [6, 6.07) is 5.08. The Morgan fingerprint density at radius 1 is 1.71 bits per heavy atom. The number of nitrogens with two attached hydrogens (primary N) is 1. The Balaban J connectivity index is 2.66. The minimum atomic E-state index is -0.511. The number of carbonyl (C=O) groups is 1. The maximum Gasteiger partial charge on any atom is 0.239 e. The largest absolute Gasteiger partial charge is 0.467 e. The Morgan fingerprint density at radius 2 is 2.47 bits per heavy atom. The predicted octanol–water partition coefficient (Wildman–Crippen LogP) is 1.26. The minimum Gasteiger partial charge on any atom is -0.467 e. The number of nitriles is 1. The molecule has 2 N–H and O–H groups in total. The standard InChI is InChI=1S/C12H17N3O2/c1-2-11(14)12(16)15(7-4-6-13)9-10-5-3-8-17-10/h3,5,8,11H,2,4,7,9,14H2,1H3/t11-/m1/s1. The molecule has 0 radical (unpaired) electrons. The quantitative estimate of drug-likeness (QED) is 0.804. The fourth-order valence-corrected chi connectivity index (χ4v) is 1.45. The molecule has 1 rings (SSSR count). The molecule has 0 unspecified atom stereocenters. The Hall–Kier alpha value is -1.80. The lowest BCUT2D eigenvalue weighted by molar-refractivity contribution is -0.133. The van der Waals surface area contributed by atoms with Crippen molar-refractivity contribution in [2.24, 2.45) is 5.73 Å². The minimum absolute atomic E-state index is 0.140. The van der Waals surface area contributed by atoms with Crippen molar-refractivity contribution in [3.8, 4) is 6.07 Å². The van der Waals surface area contributed by atoms with E-state index in [9.17, 15) is 4.79 Å². The summed E-state index contributed by atoms with van der Waals surface area (Å²) in [6.45, 7) is 2.60. The lowest BCUT2D eigenvalue weighted by Crippen LogP contribution is -2.43. The van der Waals surface area contributed by atoms with Gasteiger partial charge in [-0.2, -0.15) is 5.26 Å². The molecule has 0 spiro atoms. The molecule has 0 saturated heterocycles. The fraction of sp³-hybridized carbons (Fsp3) is 0.500. The average Bonchev–Trinajstić information content (AvgIpc) is 2.85. The van der Waals surface area contributed by atoms with E-state index in [0.717, 1.165) is 0 Å². The second kappa shape index (κ2) is 6.71. The monoisotopic (exact) mass is 235 g/mol. The first-order chi connectivity index (χ1) is 8.19. The Bertz CT molecular complexity index is 381. The van der Waals surface area contributed by atoms with Gasteiger partial charge in [-0.3, -0.25) is 4.79 Å². The topological polar surface area (TPSA) is 83.3 Å². The van der Waals surface area contributed by atoms with Gasteiger partial charge in [-0.1, -0.05) is 6.92 Å². The molecule has 5 nitrogen and oxygen atoms in total. The van der Waals surface area contributed by atoms with Crippen molar-refractivity contribution in [2.45, 2.75) is 32.4 Å². The summed E-state index contributed by atoms with van der Waals surface area (Å²) >= 11 is 0. The lowest BCUT2D eigenvalue weighted by Gasteiger charge is -2.23. The highest BCUT2D eigenvalue weighted by atomic mass is 16.3. The van der Waals surface area contributed by atoms with Gasteiger partial charge >= 0.3 is 0 Å². The maximum absolute atomic E-state index is 12.0. The number of hydrogen-bond acceptors (Lipinski definition) is 4. The highest BCUT2D eigenvalue weighted by Crippen LogP contribution is 2.08. The molecule has 1 heterocycles. The molecule has 92 valence electrons. The SMILES string of the molecule is CC[C@@H](N)C(=O)N(CCC#N)Cc1ccco1. The molecule has 0 bridgehead atoms. The van der Waals surface area contributed by atoms with E-state index >= 15 is 0 Å². The van der Waals surface area contributed by atoms with Gasteiger partial charge in [0.05, 0.1) is 31.3 Å². The molecule has 17 heavy (non-hydrogen) atoms. The maximum atomic E-state index is 12.0. The number of carbonyl (C=O) groups excluding carboxylic acids is 1. The smallest absolute Gasteiger partial charge is 0.239 e. The van der Waals surface area contributed by atoms with E-state index in [2.05, 4.69) is 0 Å². The molecular formula is C12H17N3O2. The first-order valence-electron chi connectivity index (χ1n) is 5.62. The van der Waals surface area contributed by atoms with Gasteiger partial charge < -0.3 is 15.1 Å². The molecule has 5 heteroatoms. The van der Waals surface area contributed by atoms with Crippen molar-refractivity contribution in [3.05, 3.63) is 24.2 Å². The zero-order chi connectivity index (χ0) is 12.7. The van der Waals surface area contributed by atoms with Crippen LogP contribution < -0.4 is 5.73 Å². The van der Waals surface area contributed by atoms with Gasteiger partial charge in [-0.05, 0) is 18.6 Å². The van der Waals surface area contributed by atoms with Crippen LogP contribution in [-0.2, 0) is 11.3 Å².